The molecule has 0 saturated carbocycles. The summed E-state index contributed by atoms with van der Waals surface area (Å²) < 4.78 is -0.509. The molecule has 0 bridgehead atoms. The van der Waals surface area contributed by atoms with Crippen LogP contribution in [0.5, 0.6) is 0 Å². The van der Waals surface area contributed by atoms with Crippen LogP contribution in [-0.4, -0.2) is 42.7 Å². The Balaban J connectivity index is 3.95. The molecule has 0 aliphatic heterocycles. The van der Waals surface area contributed by atoms with Crippen molar-refractivity contribution in [1.29, 1.82) is 5.41 Å². The molecule has 0 radical (unpaired) electrons. The topological polar surface area (TPSA) is 120 Å². The quantitative estimate of drug-likeness (QED) is 0.154. The van der Waals surface area contributed by atoms with Crippen LogP contribution in [0.25, 0.3) is 0 Å². The summed E-state index contributed by atoms with van der Waals surface area (Å²) in [6.45, 7) is 0.608. The van der Waals surface area contributed by atoms with Gasteiger partial charge in [0.2, 0.25) is 0 Å². The zero-order chi connectivity index (χ0) is 13.3. The van der Waals surface area contributed by atoms with Crippen LogP contribution in [0.15, 0.2) is 0 Å². The first kappa shape index (κ1) is 15.9. The molecular weight excluding hydrogens is 274 g/mol. The summed E-state index contributed by atoms with van der Waals surface area (Å²) in [5.41, 5.74) is 5.10. The number of nitrogens with two attached hydrogens (primary N) is 1. The van der Waals surface area contributed by atoms with Crippen LogP contribution in [0.3, 0.4) is 0 Å². The Kier molecular flexibility index (Phi) is 8.39. The Bertz CT molecular complexity index is 285. The van der Waals surface area contributed by atoms with Gasteiger partial charge >= 0.3 is 108 Å². The molecule has 0 aliphatic carbocycles. The molecule has 1 amide bonds. The van der Waals surface area contributed by atoms with E-state index in [4.69, 9.17) is 27.2 Å². The maximum absolute atomic E-state index is 11.3. The molecule has 0 aromatic carbocycles. The number of amides is 1. The number of nitrogens with one attached hydrogen (secondary N) is 4. The maximum atomic E-state index is 11.3. The van der Waals surface area contributed by atoms with Gasteiger partial charge in [-0.15, -0.1) is 0 Å². The number of hydrogen-bond donors (Lipinski definition) is 5. The number of hydrogen-bond acceptors (Lipinski definition) is 4. The van der Waals surface area contributed by atoms with Crippen LogP contribution in [0.4, 0.5) is 0 Å². The minimum atomic E-state index is -0.662. The Morgan fingerprint density at radius 2 is 2.12 bits per heavy atom. The molecule has 0 unspecified atom stereocenters. The Morgan fingerprint density at radius 3 is 2.59 bits per heavy atom. The standard InChI is InChI=1S/C9H18N5O2.Cu/c1-12-5-8(16)14-7(6-15)3-2-4-13-9(10)11;/h7,12H,2-5H2,1H3,(H,14,16)(H4,10,11,13);/t7-;/m0./s1. The average molecular weight is 292 g/mol. The Hall–Kier alpha value is -1.11. The van der Waals surface area contributed by atoms with Crippen molar-refractivity contribution in [3.63, 3.8) is 0 Å². The number of carbonyl (C=O) groups is 2. The average Bonchev–Trinajstić information content (AvgIpc) is 2.22. The summed E-state index contributed by atoms with van der Waals surface area (Å²) in [4.78, 5) is 22.3. The zero-order valence-electron chi connectivity index (χ0n) is 9.60. The first-order valence-electron chi connectivity index (χ1n) is 5.14. The molecule has 7 nitrogen and oxygen atoms in total. The van der Waals surface area contributed by atoms with Crippen LogP contribution < -0.4 is 21.7 Å². The van der Waals surface area contributed by atoms with Gasteiger partial charge in [0, 0.05) is 0 Å². The fraction of sp³-hybridized carbons (Fsp3) is 0.667. The first-order chi connectivity index (χ1) is 7.97. The second-order valence-electron chi connectivity index (χ2n) is 3.40. The number of rotatable bonds is 8. The molecule has 0 spiro atoms. The number of likely N-dealkylation sites (N-methyl/N-ethyl adjacent to an activating group) is 1. The summed E-state index contributed by atoms with van der Waals surface area (Å²) in [6, 6.07) is -0.662. The molecule has 0 aromatic rings. The van der Waals surface area contributed by atoms with E-state index in [1.54, 1.807) is 7.05 Å². The van der Waals surface area contributed by atoms with Crippen molar-refractivity contribution in [2.75, 3.05) is 20.1 Å². The van der Waals surface area contributed by atoms with Gasteiger partial charge in [0.25, 0.3) is 0 Å². The third-order valence-electron chi connectivity index (χ3n) is 1.90. The Labute approximate surface area is 109 Å². The van der Waals surface area contributed by atoms with Gasteiger partial charge in [0.05, 0.1) is 0 Å². The molecule has 17 heavy (non-hydrogen) atoms. The van der Waals surface area contributed by atoms with Gasteiger partial charge in [-0.3, -0.25) is 0 Å². The van der Waals surface area contributed by atoms with Crippen molar-refractivity contribution in [3.05, 3.63) is 0 Å². The minimum absolute atomic E-state index is 0.121. The van der Waals surface area contributed by atoms with Crippen molar-refractivity contribution in [3.8, 4) is 0 Å². The van der Waals surface area contributed by atoms with E-state index in [2.05, 4.69) is 16.0 Å². The first-order valence-corrected chi connectivity index (χ1v) is 5.61. The second-order valence-corrected chi connectivity index (χ2v) is 3.86. The summed E-state index contributed by atoms with van der Waals surface area (Å²) >= 11 is 4.70. The molecule has 0 rings (SSSR count). The van der Waals surface area contributed by atoms with Gasteiger partial charge < -0.3 is 0 Å². The predicted molar refractivity (Wildman–Crippen MR) is 60.0 cm³/mol. The number of carbonyl (C=O) groups excluding carboxylic acids is 2. The van der Waals surface area contributed by atoms with Gasteiger partial charge in [-0.2, -0.15) is 0 Å². The summed E-state index contributed by atoms with van der Waals surface area (Å²) in [7, 11) is 1.64. The van der Waals surface area contributed by atoms with E-state index < -0.39 is 10.7 Å². The normalized spacial score (nSPS) is 11.7. The zero-order valence-corrected chi connectivity index (χ0v) is 10.5. The second kappa shape index (κ2) is 8.98. The van der Waals surface area contributed by atoms with Gasteiger partial charge in [-0.25, -0.2) is 0 Å². The fourth-order valence-electron chi connectivity index (χ4n) is 1.16. The van der Waals surface area contributed by atoms with E-state index >= 15 is 0 Å². The SMILES string of the molecule is CNCC(=O)N[C@@H](CCCNC(=N)N)[C](=O)[Cu]. The van der Waals surface area contributed by atoms with E-state index in [1.807, 2.05) is 0 Å². The van der Waals surface area contributed by atoms with Crippen molar-refractivity contribution in [1.82, 2.24) is 16.0 Å². The molecule has 0 aliphatic rings. The van der Waals surface area contributed by atoms with Gasteiger partial charge in [0.15, 0.2) is 0 Å². The third-order valence-corrected chi connectivity index (χ3v) is 2.23. The van der Waals surface area contributed by atoms with Crippen LogP contribution >= 0.6 is 0 Å². The van der Waals surface area contributed by atoms with Crippen LogP contribution in [0.1, 0.15) is 12.8 Å². The van der Waals surface area contributed by atoms with Crippen molar-refractivity contribution in [2.24, 2.45) is 5.73 Å². The third kappa shape index (κ3) is 8.67. The molecule has 0 aromatic heterocycles. The number of guanidine groups is 1. The van der Waals surface area contributed by atoms with E-state index in [-0.39, 0.29) is 18.4 Å². The molecule has 0 saturated heterocycles. The fourth-order valence-corrected chi connectivity index (χ4v) is 1.36. The predicted octanol–water partition coefficient (Wildman–Crippen LogP) is -1.97. The van der Waals surface area contributed by atoms with E-state index in [0.29, 0.717) is 19.4 Å². The molecule has 8 heteroatoms. The molecule has 102 valence electrons. The monoisotopic (exact) mass is 291 g/mol. The van der Waals surface area contributed by atoms with E-state index in [9.17, 15) is 9.59 Å². The molecular formula is C9H18CuN5O2. The van der Waals surface area contributed by atoms with Gasteiger partial charge in [-0.1, -0.05) is 0 Å². The van der Waals surface area contributed by atoms with Crippen molar-refractivity contribution in [2.45, 2.75) is 18.9 Å². The summed E-state index contributed by atoms with van der Waals surface area (Å²) in [6.07, 6.45) is 1.01. The van der Waals surface area contributed by atoms with Gasteiger partial charge in [0.1, 0.15) is 0 Å². The van der Waals surface area contributed by atoms with Crippen LogP contribution in [0, 0.1) is 5.41 Å². The van der Waals surface area contributed by atoms with E-state index in [1.165, 1.54) is 0 Å². The van der Waals surface area contributed by atoms with Gasteiger partial charge in [-0.05, 0) is 0 Å². The summed E-state index contributed by atoms with van der Waals surface area (Å²) in [5.74, 6) is -0.393. The van der Waals surface area contributed by atoms with E-state index in [0.717, 1.165) is 0 Å². The van der Waals surface area contributed by atoms with Crippen LogP contribution in [-0.2, 0) is 25.6 Å². The molecule has 0 heterocycles. The van der Waals surface area contributed by atoms with Crippen molar-refractivity contribution < 1.29 is 25.6 Å². The Morgan fingerprint density at radius 1 is 1.47 bits per heavy atom. The molecule has 1 atom stereocenters. The van der Waals surface area contributed by atoms with Crippen molar-refractivity contribution >= 4 is 16.5 Å². The van der Waals surface area contributed by atoms with Crippen LogP contribution in [0.2, 0.25) is 0 Å². The summed E-state index contributed by atoms with van der Waals surface area (Å²) in [5, 5.41) is 14.8. The molecule has 0 fully saturated rings. The molecule has 6 N–H and O–H groups in total.